The van der Waals surface area contributed by atoms with E-state index in [2.05, 4.69) is 0 Å². The quantitative estimate of drug-likeness (QED) is 0.734. The summed E-state index contributed by atoms with van der Waals surface area (Å²) in [4.78, 5) is 22.4. The number of benzene rings is 2. The van der Waals surface area contributed by atoms with Crippen LogP contribution in [0.1, 0.15) is 25.0 Å². The Balaban J connectivity index is 2.58. The maximum absolute atomic E-state index is 13.3. The lowest BCUT2D eigenvalue weighted by atomic mass is 9.93. The third kappa shape index (κ3) is 5.51. The first-order valence-corrected chi connectivity index (χ1v) is 7.87. The van der Waals surface area contributed by atoms with Gasteiger partial charge in [0.2, 0.25) is 0 Å². The van der Waals surface area contributed by atoms with Gasteiger partial charge >= 0.3 is 11.9 Å². The molecule has 2 aromatic rings. The molecule has 6 heteroatoms. The Hall–Kier alpha value is -3.02. The molecule has 0 spiro atoms. The van der Waals surface area contributed by atoms with Crippen molar-refractivity contribution in [2.45, 2.75) is 13.8 Å². The van der Waals surface area contributed by atoms with Crippen LogP contribution in [0.3, 0.4) is 0 Å². The zero-order valence-electron chi connectivity index (χ0n) is 14.4. The fraction of sp³-hybridized carbons (Fsp3) is 0.200. The molecular formula is C20H18F2O4. The highest BCUT2D eigenvalue weighted by molar-refractivity contribution is 5.83. The molecule has 0 amide bonds. The van der Waals surface area contributed by atoms with Crippen LogP contribution in [-0.2, 0) is 19.1 Å². The van der Waals surface area contributed by atoms with Crippen LogP contribution in [0.25, 0.3) is 5.57 Å². The Morgan fingerprint density at radius 2 is 1.08 bits per heavy atom. The molecule has 2 rings (SSSR count). The van der Waals surface area contributed by atoms with Gasteiger partial charge < -0.3 is 9.47 Å². The third-order valence-corrected chi connectivity index (χ3v) is 3.52. The molecule has 0 aliphatic heterocycles. The number of hydrogen-bond donors (Lipinski definition) is 0. The zero-order chi connectivity index (χ0) is 19.1. The Kier molecular flexibility index (Phi) is 6.60. The van der Waals surface area contributed by atoms with Gasteiger partial charge in [-0.1, -0.05) is 24.3 Å². The average molecular weight is 360 g/mol. The van der Waals surface area contributed by atoms with Crippen molar-refractivity contribution in [3.05, 3.63) is 76.9 Å². The normalized spacial score (nSPS) is 10.2. The molecule has 0 fully saturated rings. The Morgan fingerprint density at radius 1 is 0.731 bits per heavy atom. The number of hydrogen-bond acceptors (Lipinski definition) is 4. The summed E-state index contributed by atoms with van der Waals surface area (Å²) in [6.45, 7) is 2.29. The van der Waals surface area contributed by atoms with Crippen LogP contribution in [0.2, 0.25) is 0 Å². The van der Waals surface area contributed by atoms with Crippen LogP contribution < -0.4 is 0 Å². The fourth-order valence-electron chi connectivity index (χ4n) is 2.37. The van der Waals surface area contributed by atoms with Gasteiger partial charge in [-0.3, -0.25) is 9.59 Å². The van der Waals surface area contributed by atoms with Gasteiger partial charge in [0.25, 0.3) is 0 Å². The molecule has 0 heterocycles. The molecule has 0 aromatic heterocycles. The summed E-state index contributed by atoms with van der Waals surface area (Å²) in [6, 6.07) is 11.3. The molecule has 0 aliphatic carbocycles. The maximum Gasteiger partial charge on any atom is 0.302 e. The first-order valence-electron chi connectivity index (χ1n) is 7.87. The first kappa shape index (κ1) is 19.3. The smallest absolute Gasteiger partial charge is 0.302 e. The van der Waals surface area contributed by atoms with Gasteiger partial charge in [0.05, 0.1) is 0 Å². The Morgan fingerprint density at radius 3 is 1.38 bits per heavy atom. The standard InChI is InChI=1S/C20H18F2O4/c1-13(23)25-11-17(12-26-14(2)24)20(15-3-7-18(21)8-4-15)16-5-9-19(22)10-6-16/h3-10H,11-12H2,1-2H3. The van der Waals surface area contributed by atoms with E-state index in [1.165, 1.54) is 38.1 Å². The number of rotatable bonds is 6. The van der Waals surface area contributed by atoms with Gasteiger partial charge in [-0.2, -0.15) is 0 Å². The lowest BCUT2D eigenvalue weighted by Gasteiger charge is -2.17. The van der Waals surface area contributed by atoms with E-state index in [0.29, 0.717) is 22.3 Å². The topological polar surface area (TPSA) is 52.6 Å². The van der Waals surface area contributed by atoms with Crippen molar-refractivity contribution in [1.29, 1.82) is 0 Å². The van der Waals surface area contributed by atoms with E-state index in [1.807, 2.05) is 0 Å². The van der Waals surface area contributed by atoms with E-state index >= 15 is 0 Å². The molecule has 0 atom stereocenters. The van der Waals surface area contributed by atoms with E-state index in [4.69, 9.17) is 9.47 Å². The molecule has 0 unspecified atom stereocenters. The summed E-state index contributed by atoms with van der Waals surface area (Å²) in [7, 11) is 0. The summed E-state index contributed by atoms with van der Waals surface area (Å²) < 4.78 is 36.8. The summed E-state index contributed by atoms with van der Waals surface area (Å²) in [5, 5.41) is 0. The molecule has 0 aliphatic rings. The minimum atomic E-state index is -0.497. The lowest BCUT2D eigenvalue weighted by Crippen LogP contribution is -2.13. The van der Waals surface area contributed by atoms with Crippen LogP contribution in [0.15, 0.2) is 54.1 Å². The van der Waals surface area contributed by atoms with Gasteiger partial charge in [-0.15, -0.1) is 0 Å². The van der Waals surface area contributed by atoms with Crippen LogP contribution in [0, 0.1) is 11.6 Å². The molecule has 26 heavy (non-hydrogen) atoms. The Bertz CT molecular complexity index is 741. The SMILES string of the molecule is CC(=O)OCC(COC(C)=O)=C(c1ccc(F)cc1)c1ccc(F)cc1. The second-order valence-corrected chi connectivity index (χ2v) is 5.55. The molecule has 0 saturated carbocycles. The predicted molar refractivity (Wildman–Crippen MR) is 92.1 cm³/mol. The van der Waals surface area contributed by atoms with Gasteiger partial charge in [0.1, 0.15) is 24.8 Å². The maximum atomic E-state index is 13.3. The third-order valence-electron chi connectivity index (χ3n) is 3.52. The number of ether oxygens (including phenoxy) is 2. The molecule has 4 nitrogen and oxygen atoms in total. The van der Waals surface area contributed by atoms with E-state index in [0.717, 1.165) is 0 Å². The van der Waals surface area contributed by atoms with Gasteiger partial charge in [0, 0.05) is 19.4 Å². The largest absolute Gasteiger partial charge is 0.461 e. The highest BCUT2D eigenvalue weighted by atomic mass is 19.1. The second-order valence-electron chi connectivity index (χ2n) is 5.55. The van der Waals surface area contributed by atoms with Crippen molar-refractivity contribution in [1.82, 2.24) is 0 Å². The average Bonchev–Trinajstić information content (AvgIpc) is 2.59. The summed E-state index contributed by atoms with van der Waals surface area (Å²) >= 11 is 0. The fourth-order valence-corrected chi connectivity index (χ4v) is 2.37. The molecular weight excluding hydrogens is 342 g/mol. The monoisotopic (exact) mass is 360 g/mol. The summed E-state index contributed by atoms with van der Waals surface area (Å²) in [5.41, 5.74) is 2.31. The minimum Gasteiger partial charge on any atom is -0.461 e. The molecule has 136 valence electrons. The summed E-state index contributed by atoms with van der Waals surface area (Å²) in [5.74, 6) is -1.81. The van der Waals surface area contributed by atoms with Crippen LogP contribution >= 0.6 is 0 Å². The highest BCUT2D eigenvalue weighted by Crippen LogP contribution is 2.28. The number of carbonyl (C=O) groups is 2. The van der Waals surface area contributed by atoms with Crippen molar-refractivity contribution < 1.29 is 27.8 Å². The zero-order valence-corrected chi connectivity index (χ0v) is 14.4. The Labute approximate surface area is 150 Å². The van der Waals surface area contributed by atoms with Crippen molar-refractivity contribution in [2.24, 2.45) is 0 Å². The molecule has 0 radical (unpaired) electrons. The van der Waals surface area contributed by atoms with Crippen LogP contribution in [0.4, 0.5) is 8.78 Å². The molecule has 0 N–H and O–H groups in total. The van der Waals surface area contributed by atoms with Crippen LogP contribution in [-0.4, -0.2) is 25.2 Å². The summed E-state index contributed by atoms with van der Waals surface area (Å²) in [6.07, 6.45) is 0. The number of carbonyl (C=O) groups excluding carboxylic acids is 2. The van der Waals surface area contributed by atoms with Gasteiger partial charge in [0.15, 0.2) is 0 Å². The first-order chi connectivity index (χ1) is 12.4. The number of esters is 2. The van der Waals surface area contributed by atoms with E-state index < -0.39 is 23.6 Å². The predicted octanol–water partition coefficient (Wildman–Crippen LogP) is 3.89. The van der Waals surface area contributed by atoms with Gasteiger partial charge in [-0.25, -0.2) is 8.78 Å². The second kappa shape index (κ2) is 8.89. The lowest BCUT2D eigenvalue weighted by molar-refractivity contribution is -0.141. The van der Waals surface area contributed by atoms with E-state index in [-0.39, 0.29) is 13.2 Å². The van der Waals surface area contributed by atoms with Crippen molar-refractivity contribution in [3.8, 4) is 0 Å². The minimum absolute atomic E-state index is 0.118. The van der Waals surface area contributed by atoms with E-state index in [9.17, 15) is 18.4 Å². The highest BCUT2D eigenvalue weighted by Gasteiger charge is 2.15. The van der Waals surface area contributed by atoms with Crippen molar-refractivity contribution >= 4 is 17.5 Å². The molecule has 0 bridgehead atoms. The van der Waals surface area contributed by atoms with Crippen LogP contribution in [0.5, 0.6) is 0 Å². The van der Waals surface area contributed by atoms with Crippen molar-refractivity contribution in [2.75, 3.05) is 13.2 Å². The molecule has 0 saturated heterocycles. The number of halogens is 2. The van der Waals surface area contributed by atoms with Crippen molar-refractivity contribution in [3.63, 3.8) is 0 Å². The van der Waals surface area contributed by atoms with Gasteiger partial charge in [-0.05, 0) is 41.0 Å². The molecule has 2 aromatic carbocycles. The van der Waals surface area contributed by atoms with E-state index in [1.54, 1.807) is 24.3 Å².